The summed E-state index contributed by atoms with van der Waals surface area (Å²) in [4.78, 5) is 15.1. The van der Waals surface area contributed by atoms with Gasteiger partial charge in [0, 0.05) is 23.5 Å². The van der Waals surface area contributed by atoms with Gasteiger partial charge in [0.25, 0.3) is 0 Å². The highest BCUT2D eigenvalue weighted by Crippen LogP contribution is 2.15. The zero-order valence-electron chi connectivity index (χ0n) is 10.8. The van der Waals surface area contributed by atoms with Crippen LogP contribution < -0.4 is 0 Å². The van der Waals surface area contributed by atoms with Crippen molar-refractivity contribution in [3.63, 3.8) is 0 Å². The highest BCUT2D eigenvalue weighted by Gasteiger charge is 2.23. The van der Waals surface area contributed by atoms with Crippen molar-refractivity contribution in [2.24, 2.45) is 0 Å². The number of carbonyl (C=O) groups is 1. The normalized spacial score (nSPS) is 19.2. The van der Waals surface area contributed by atoms with Gasteiger partial charge >= 0.3 is 0 Å². The predicted molar refractivity (Wildman–Crippen MR) is 77.6 cm³/mol. The molecule has 1 aromatic rings. The standard InChI is InChI=1S/C13H17NO3S2/c1-18-12-4-2-11(3-5-12)13(15)10-14-6-8-19(16,17)9-7-14/h2-5H,6-10H2,1H3. The van der Waals surface area contributed by atoms with E-state index in [1.807, 2.05) is 35.4 Å². The summed E-state index contributed by atoms with van der Waals surface area (Å²) in [5.41, 5.74) is 0.686. The van der Waals surface area contributed by atoms with E-state index >= 15 is 0 Å². The number of rotatable bonds is 4. The first-order chi connectivity index (χ1) is 9.00. The Bertz CT molecular complexity index is 538. The van der Waals surface area contributed by atoms with Crippen molar-refractivity contribution < 1.29 is 13.2 Å². The largest absolute Gasteiger partial charge is 0.294 e. The molecular formula is C13H17NO3S2. The summed E-state index contributed by atoms with van der Waals surface area (Å²) in [6, 6.07) is 7.51. The van der Waals surface area contributed by atoms with Crippen LogP contribution in [-0.2, 0) is 9.84 Å². The molecule has 0 atom stereocenters. The molecule has 6 heteroatoms. The van der Waals surface area contributed by atoms with Crippen LogP contribution in [0.1, 0.15) is 10.4 Å². The first-order valence-electron chi connectivity index (χ1n) is 6.10. The average Bonchev–Trinajstić information content (AvgIpc) is 2.41. The molecule has 0 amide bonds. The first-order valence-corrected chi connectivity index (χ1v) is 9.15. The Balaban J connectivity index is 1.94. The van der Waals surface area contributed by atoms with E-state index in [2.05, 4.69) is 0 Å². The molecule has 0 aromatic heterocycles. The summed E-state index contributed by atoms with van der Waals surface area (Å²) in [6.45, 7) is 1.21. The van der Waals surface area contributed by atoms with Crippen LogP contribution in [0.15, 0.2) is 29.2 Å². The Morgan fingerprint density at radius 3 is 2.32 bits per heavy atom. The molecule has 104 valence electrons. The van der Waals surface area contributed by atoms with Crippen molar-refractivity contribution >= 4 is 27.4 Å². The number of Topliss-reactive ketones (excluding diaryl/α,β-unsaturated/α-hetero) is 1. The lowest BCUT2D eigenvalue weighted by Crippen LogP contribution is -2.42. The molecule has 0 radical (unpaired) electrons. The second-order valence-corrected chi connectivity index (χ2v) is 7.76. The molecule has 0 saturated carbocycles. The molecule has 1 aliphatic rings. The summed E-state index contributed by atoms with van der Waals surface area (Å²) in [5, 5.41) is 0. The van der Waals surface area contributed by atoms with Gasteiger partial charge in [0.15, 0.2) is 15.6 Å². The lowest BCUT2D eigenvalue weighted by Gasteiger charge is -2.25. The summed E-state index contributed by atoms with van der Waals surface area (Å²) in [7, 11) is -2.88. The fourth-order valence-electron chi connectivity index (χ4n) is 1.98. The number of carbonyl (C=O) groups excluding carboxylic acids is 1. The lowest BCUT2D eigenvalue weighted by atomic mass is 10.1. The number of nitrogens with zero attached hydrogens (tertiary/aromatic N) is 1. The van der Waals surface area contributed by atoms with Crippen LogP contribution in [0.4, 0.5) is 0 Å². The summed E-state index contributed by atoms with van der Waals surface area (Å²) in [6.07, 6.45) is 1.99. The van der Waals surface area contributed by atoms with Gasteiger partial charge in [-0.1, -0.05) is 12.1 Å². The molecule has 0 spiro atoms. The number of hydrogen-bond acceptors (Lipinski definition) is 5. The fourth-order valence-corrected chi connectivity index (χ4v) is 3.66. The van der Waals surface area contributed by atoms with E-state index in [-0.39, 0.29) is 17.3 Å². The van der Waals surface area contributed by atoms with Crippen LogP contribution in [-0.4, -0.2) is 56.5 Å². The number of sulfone groups is 1. The maximum absolute atomic E-state index is 12.1. The van der Waals surface area contributed by atoms with E-state index in [0.29, 0.717) is 25.2 Å². The van der Waals surface area contributed by atoms with E-state index in [1.165, 1.54) is 0 Å². The Hall–Kier alpha value is -0.850. The van der Waals surface area contributed by atoms with E-state index in [9.17, 15) is 13.2 Å². The summed E-state index contributed by atoms with van der Waals surface area (Å²) >= 11 is 1.64. The topological polar surface area (TPSA) is 54.5 Å². The van der Waals surface area contributed by atoms with Crippen molar-refractivity contribution in [1.29, 1.82) is 0 Å². The fraction of sp³-hybridized carbons (Fsp3) is 0.462. The van der Waals surface area contributed by atoms with E-state index in [1.54, 1.807) is 11.8 Å². The highest BCUT2D eigenvalue weighted by molar-refractivity contribution is 7.98. The zero-order chi connectivity index (χ0) is 13.9. The van der Waals surface area contributed by atoms with Crippen molar-refractivity contribution in [3.05, 3.63) is 29.8 Å². The van der Waals surface area contributed by atoms with Gasteiger partial charge in [0.05, 0.1) is 18.1 Å². The van der Waals surface area contributed by atoms with Gasteiger partial charge in [-0.3, -0.25) is 9.69 Å². The van der Waals surface area contributed by atoms with E-state index in [0.717, 1.165) is 4.90 Å². The monoisotopic (exact) mass is 299 g/mol. The van der Waals surface area contributed by atoms with E-state index in [4.69, 9.17) is 0 Å². The Morgan fingerprint density at radius 1 is 1.21 bits per heavy atom. The SMILES string of the molecule is CSc1ccc(C(=O)CN2CCS(=O)(=O)CC2)cc1. The molecule has 1 aliphatic heterocycles. The number of ketones is 1. The first kappa shape index (κ1) is 14.6. The molecular weight excluding hydrogens is 282 g/mol. The second kappa shape index (κ2) is 6.07. The molecule has 1 aromatic carbocycles. The van der Waals surface area contributed by atoms with Crippen molar-refractivity contribution in [2.75, 3.05) is 37.4 Å². The van der Waals surface area contributed by atoms with Crippen LogP contribution in [0.5, 0.6) is 0 Å². The molecule has 1 heterocycles. The minimum Gasteiger partial charge on any atom is -0.294 e. The average molecular weight is 299 g/mol. The highest BCUT2D eigenvalue weighted by atomic mass is 32.2. The smallest absolute Gasteiger partial charge is 0.176 e. The Morgan fingerprint density at radius 2 is 1.79 bits per heavy atom. The van der Waals surface area contributed by atoms with Crippen molar-refractivity contribution in [2.45, 2.75) is 4.90 Å². The molecule has 1 fully saturated rings. The third-order valence-electron chi connectivity index (χ3n) is 3.22. The van der Waals surface area contributed by atoms with Gasteiger partial charge in [-0.2, -0.15) is 0 Å². The van der Waals surface area contributed by atoms with Gasteiger partial charge < -0.3 is 0 Å². The molecule has 1 saturated heterocycles. The second-order valence-electron chi connectivity index (χ2n) is 4.58. The van der Waals surface area contributed by atoms with Gasteiger partial charge in [0.2, 0.25) is 0 Å². The van der Waals surface area contributed by atoms with Crippen LogP contribution in [0, 0.1) is 0 Å². The number of thioether (sulfide) groups is 1. The van der Waals surface area contributed by atoms with E-state index < -0.39 is 9.84 Å². The van der Waals surface area contributed by atoms with Gasteiger partial charge in [-0.15, -0.1) is 11.8 Å². The predicted octanol–water partition coefficient (Wildman–Crippen LogP) is 1.32. The number of hydrogen-bond donors (Lipinski definition) is 0. The number of benzene rings is 1. The Labute approximate surface area is 118 Å². The van der Waals surface area contributed by atoms with Crippen molar-refractivity contribution in [3.8, 4) is 0 Å². The van der Waals surface area contributed by atoms with Crippen molar-refractivity contribution in [1.82, 2.24) is 4.90 Å². The minimum atomic E-state index is -2.88. The third kappa shape index (κ3) is 4.06. The summed E-state index contributed by atoms with van der Waals surface area (Å²) in [5.74, 6) is 0.365. The van der Waals surface area contributed by atoms with Gasteiger partial charge in [-0.05, 0) is 18.4 Å². The molecule has 0 aliphatic carbocycles. The molecule has 0 bridgehead atoms. The van der Waals surface area contributed by atoms with Crippen LogP contribution in [0.3, 0.4) is 0 Å². The van der Waals surface area contributed by atoms with Gasteiger partial charge in [0.1, 0.15) is 0 Å². The molecule has 19 heavy (non-hydrogen) atoms. The third-order valence-corrected chi connectivity index (χ3v) is 5.57. The molecule has 0 N–H and O–H groups in total. The molecule has 4 nitrogen and oxygen atoms in total. The quantitative estimate of drug-likeness (QED) is 0.620. The minimum absolute atomic E-state index is 0.0481. The zero-order valence-corrected chi connectivity index (χ0v) is 12.5. The van der Waals surface area contributed by atoms with Crippen LogP contribution in [0.25, 0.3) is 0 Å². The maximum Gasteiger partial charge on any atom is 0.176 e. The lowest BCUT2D eigenvalue weighted by molar-refractivity contribution is 0.0936. The van der Waals surface area contributed by atoms with Crippen LogP contribution in [0.2, 0.25) is 0 Å². The van der Waals surface area contributed by atoms with Gasteiger partial charge in [-0.25, -0.2) is 8.42 Å². The summed E-state index contributed by atoms with van der Waals surface area (Å²) < 4.78 is 22.6. The molecule has 0 unspecified atom stereocenters. The van der Waals surface area contributed by atoms with Crippen LogP contribution >= 0.6 is 11.8 Å². The maximum atomic E-state index is 12.1. The molecule has 2 rings (SSSR count). The Kier molecular flexibility index (Phi) is 4.65.